The molecule has 0 bridgehead atoms. The second-order valence-electron chi connectivity index (χ2n) is 5.49. The molecule has 1 heterocycles. The molecule has 2 rings (SSSR count). The Morgan fingerprint density at radius 1 is 1.61 bits per heavy atom. The van der Waals surface area contributed by atoms with Gasteiger partial charge in [-0.15, -0.1) is 11.3 Å². The van der Waals surface area contributed by atoms with Crippen LogP contribution in [-0.2, 0) is 10.3 Å². The van der Waals surface area contributed by atoms with Gasteiger partial charge < -0.3 is 10.1 Å². The monoisotopic (exact) mass is 268 g/mol. The molecule has 102 valence electrons. The third-order valence-corrected chi connectivity index (χ3v) is 5.18. The highest BCUT2D eigenvalue weighted by atomic mass is 32.1. The van der Waals surface area contributed by atoms with Gasteiger partial charge in [0, 0.05) is 18.5 Å². The molecular formula is C14H24N2OS. The minimum Gasteiger partial charge on any atom is -0.371 e. The number of nitrogens with zero attached hydrogens (tertiary/aromatic N) is 1. The fraction of sp³-hybridized carbons (Fsp3) is 0.786. The second-order valence-corrected chi connectivity index (χ2v) is 6.35. The molecule has 0 spiro atoms. The van der Waals surface area contributed by atoms with E-state index in [1.54, 1.807) is 11.3 Å². The summed E-state index contributed by atoms with van der Waals surface area (Å²) < 4.78 is 5.89. The van der Waals surface area contributed by atoms with Crippen molar-refractivity contribution < 1.29 is 4.74 Å². The number of nitrogens with one attached hydrogen (secondary N) is 1. The Bertz CT molecular complexity index is 393. The molecule has 3 unspecified atom stereocenters. The number of aromatic nitrogens is 1. The number of methoxy groups -OCH3 is 1. The van der Waals surface area contributed by atoms with Crippen molar-refractivity contribution in [3.8, 4) is 0 Å². The first-order valence-corrected chi connectivity index (χ1v) is 7.67. The summed E-state index contributed by atoms with van der Waals surface area (Å²) in [5, 5.41) is 6.56. The lowest BCUT2D eigenvalue weighted by Gasteiger charge is -2.37. The molecule has 0 saturated heterocycles. The Morgan fingerprint density at radius 3 is 3.00 bits per heavy atom. The van der Waals surface area contributed by atoms with Crippen molar-refractivity contribution >= 4 is 11.3 Å². The number of hydrogen-bond acceptors (Lipinski definition) is 4. The number of rotatable bonds is 4. The van der Waals surface area contributed by atoms with E-state index >= 15 is 0 Å². The van der Waals surface area contributed by atoms with Gasteiger partial charge in [-0.25, -0.2) is 4.98 Å². The Labute approximate surface area is 114 Å². The van der Waals surface area contributed by atoms with Gasteiger partial charge in [-0.05, 0) is 39.2 Å². The van der Waals surface area contributed by atoms with Crippen LogP contribution in [0.25, 0.3) is 0 Å². The third kappa shape index (κ3) is 2.60. The van der Waals surface area contributed by atoms with Crippen molar-refractivity contribution in [2.75, 3.05) is 14.2 Å². The smallest absolute Gasteiger partial charge is 0.125 e. The summed E-state index contributed by atoms with van der Waals surface area (Å²) >= 11 is 1.75. The van der Waals surface area contributed by atoms with Crippen molar-refractivity contribution in [2.24, 2.45) is 5.92 Å². The maximum Gasteiger partial charge on any atom is 0.125 e. The predicted octanol–water partition coefficient (Wildman–Crippen LogP) is 3.48. The summed E-state index contributed by atoms with van der Waals surface area (Å²) in [6.45, 7) is 4.46. The second kappa shape index (κ2) is 5.68. The van der Waals surface area contributed by atoms with Gasteiger partial charge in [0.05, 0.1) is 5.69 Å². The molecule has 1 N–H and O–H groups in total. The standard InChI is InChI=1S/C14H24N2OS/c1-10-6-5-7-14(8-10,17-4)13-16-12(9-18-13)11(2)15-3/h9-11,15H,5-8H2,1-4H3. The minimum atomic E-state index is -0.131. The number of thiazole rings is 1. The van der Waals surface area contributed by atoms with Crippen LogP contribution in [0.2, 0.25) is 0 Å². The summed E-state index contributed by atoms with van der Waals surface area (Å²) in [6, 6.07) is 0.310. The summed E-state index contributed by atoms with van der Waals surface area (Å²) in [4.78, 5) is 4.81. The Morgan fingerprint density at radius 2 is 2.39 bits per heavy atom. The maximum atomic E-state index is 5.89. The van der Waals surface area contributed by atoms with Crippen LogP contribution in [0, 0.1) is 5.92 Å². The lowest BCUT2D eigenvalue weighted by molar-refractivity contribution is -0.0581. The highest BCUT2D eigenvalue weighted by Gasteiger charge is 2.39. The van der Waals surface area contributed by atoms with Gasteiger partial charge in [-0.3, -0.25) is 0 Å². The summed E-state index contributed by atoms with van der Waals surface area (Å²) in [6.07, 6.45) is 4.76. The van der Waals surface area contributed by atoms with Gasteiger partial charge in [-0.1, -0.05) is 13.3 Å². The Hall–Kier alpha value is -0.450. The van der Waals surface area contributed by atoms with E-state index < -0.39 is 0 Å². The molecule has 0 radical (unpaired) electrons. The van der Waals surface area contributed by atoms with Gasteiger partial charge >= 0.3 is 0 Å². The van der Waals surface area contributed by atoms with E-state index in [0.717, 1.165) is 29.5 Å². The lowest BCUT2D eigenvalue weighted by Crippen LogP contribution is -2.34. The Kier molecular flexibility index (Phi) is 4.41. The molecular weight excluding hydrogens is 244 g/mol. The minimum absolute atomic E-state index is 0.131. The Balaban J connectivity index is 2.24. The van der Waals surface area contributed by atoms with Crippen molar-refractivity contribution in [1.82, 2.24) is 10.3 Å². The maximum absolute atomic E-state index is 5.89. The van der Waals surface area contributed by atoms with Gasteiger partial charge in [-0.2, -0.15) is 0 Å². The summed E-state index contributed by atoms with van der Waals surface area (Å²) in [7, 11) is 3.80. The van der Waals surface area contributed by atoms with Crippen LogP contribution in [0.5, 0.6) is 0 Å². The van der Waals surface area contributed by atoms with E-state index in [1.807, 2.05) is 14.2 Å². The number of hydrogen-bond donors (Lipinski definition) is 1. The van der Waals surface area contributed by atoms with Gasteiger partial charge in [0.2, 0.25) is 0 Å². The third-order valence-electron chi connectivity index (χ3n) is 4.13. The summed E-state index contributed by atoms with van der Waals surface area (Å²) in [5.74, 6) is 0.729. The average molecular weight is 268 g/mol. The van der Waals surface area contributed by atoms with E-state index in [4.69, 9.17) is 9.72 Å². The molecule has 4 heteroatoms. The zero-order valence-electron chi connectivity index (χ0n) is 11.8. The summed E-state index contributed by atoms with van der Waals surface area (Å²) in [5.41, 5.74) is 1.00. The first-order chi connectivity index (χ1) is 8.61. The zero-order chi connectivity index (χ0) is 13.2. The van der Waals surface area contributed by atoms with Crippen molar-refractivity contribution in [1.29, 1.82) is 0 Å². The van der Waals surface area contributed by atoms with Crippen LogP contribution in [0.4, 0.5) is 0 Å². The molecule has 1 aliphatic rings. The fourth-order valence-corrected chi connectivity index (χ4v) is 3.94. The molecule has 1 aromatic rings. The van der Waals surface area contributed by atoms with Crippen molar-refractivity contribution in [3.63, 3.8) is 0 Å². The van der Waals surface area contributed by atoms with Gasteiger partial charge in [0.25, 0.3) is 0 Å². The van der Waals surface area contributed by atoms with E-state index in [9.17, 15) is 0 Å². The molecule has 0 aliphatic heterocycles. The first kappa shape index (κ1) is 14.0. The van der Waals surface area contributed by atoms with E-state index in [0.29, 0.717) is 6.04 Å². The largest absolute Gasteiger partial charge is 0.371 e. The molecule has 0 aromatic carbocycles. The number of ether oxygens (including phenoxy) is 1. The lowest BCUT2D eigenvalue weighted by atomic mass is 9.79. The van der Waals surface area contributed by atoms with Gasteiger partial charge in [0.1, 0.15) is 10.6 Å². The molecule has 1 aliphatic carbocycles. The zero-order valence-corrected chi connectivity index (χ0v) is 12.6. The van der Waals surface area contributed by atoms with Crippen LogP contribution < -0.4 is 5.32 Å². The van der Waals surface area contributed by atoms with E-state index in [-0.39, 0.29) is 5.60 Å². The van der Waals surface area contributed by atoms with Crippen LogP contribution in [0.3, 0.4) is 0 Å². The van der Waals surface area contributed by atoms with Crippen molar-refractivity contribution in [2.45, 2.75) is 51.2 Å². The molecule has 3 atom stereocenters. The van der Waals surface area contributed by atoms with E-state index in [2.05, 4.69) is 24.5 Å². The molecule has 18 heavy (non-hydrogen) atoms. The van der Waals surface area contributed by atoms with Crippen molar-refractivity contribution in [3.05, 3.63) is 16.1 Å². The van der Waals surface area contributed by atoms with Crippen LogP contribution in [0.1, 0.15) is 56.3 Å². The SMILES string of the molecule is CNC(C)c1csc(C2(OC)CCCC(C)C2)n1. The molecule has 0 amide bonds. The molecule has 1 saturated carbocycles. The predicted molar refractivity (Wildman–Crippen MR) is 75.9 cm³/mol. The van der Waals surface area contributed by atoms with Crippen LogP contribution >= 0.6 is 11.3 Å². The average Bonchev–Trinajstić information content (AvgIpc) is 2.87. The highest BCUT2D eigenvalue weighted by Crippen LogP contribution is 2.43. The molecule has 1 aromatic heterocycles. The quantitative estimate of drug-likeness (QED) is 0.908. The molecule has 3 nitrogen and oxygen atoms in total. The molecule has 1 fully saturated rings. The van der Waals surface area contributed by atoms with Crippen LogP contribution in [0.15, 0.2) is 5.38 Å². The van der Waals surface area contributed by atoms with Crippen LogP contribution in [-0.4, -0.2) is 19.1 Å². The van der Waals surface area contributed by atoms with E-state index in [1.165, 1.54) is 12.8 Å². The first-order valence-electron chi connectivity index (χ1n) is 6.79. The van der Waals surface area contributed by atoms with Gasteiger partial charge in [0.15, 0.2) is 0 Å². The normalized spacial score (nSPS) is 30.3. The fourth-order valence-electron chi connectivity index (χ4n) is 2.81. The topological polar surface area (TPSA) is 34.1 Å². The highest BCUT2D eigenvalue weighted by molar-refractivity contribution is 7.09.